The van der Waals surface area contributed by atoms with Gasteiger partial charge in [-0.2, -0.15) is 0 Å². The summed E-state index contributed by atoms with van der Waals surface area (Å²) in [7, 11) is 1.61. The molecule has 0 saturated heterocycles. The maximum atomic E-state index is 10.6. The summed E-state index contributed by atoms with van der Waals surface area (Å²) in [6, 6.07) is 0. The monoisotopic (exact) mass is 158 g/mol. The second-order valence-corrected chi connectivity index (χ2v) is 2.03. The number of rotatable bonds is 7. The van der Waals surface area contributed by atoms with Gasteiger partial charge in [-0.15, -0.1) is 0 Å². The molecule has 0 aliphatic heterocycles. The SMILES string of the molecule is C=CC(=O)CCOCCOC. The summed E-state index contributed by atoms with van der Waals surface area (Å²) in [6.07, 6.45) is 1.72. The van der Waals surface area contributed by atoms with E-state index in [-0.39, 0.29) is 5.78 Å². The molecule has 0 N–H and O–H groups in total. The number of ketones is 1. The first-order valence-corrected chi connectivity index (χ1v) is 3.53. The van der Waals surface area contributed by atoms with Crippen LogP contribution in [0, 0.1) is 0 Å². The van der Waals surface area contributed by atoms with Crippen molar-refractivity contribution in [1.82, 2.24) is 0 Å². The Balaban J connectivity index is 3.01. The van der Waals surface area contributed by atoms with E-state index in [4.69, 9.17) is 9.47 Å². The molecular formula is C8H14O3. The van der Waals surface area contributed by atoms with Crippen molar-refractivity contribution in [3.63, 3.8) is 0 Å². The third kappa shape index (κ3) is 7.22. The van der Waals surface area contributed by atoms with Crippen molar-refractivity contribution < 1.29 is 14.3 Å². The zero-order valence-corrected chi connectivity index (χ0v) is 6.84. The molecule has 0 atom stereocenters. The van der Waals surface area contributed by atoms with E-state index in [2.05, 4.69) is 6.58 Å². The van der Waals surface area contributed by atoms with Crippen LogP contribution < -0.4 is 0 Å². The van der Waals surface area contributed by atoms with Crippen LogP contribution in [0.4, 0.5) is 0 Å². The summed E-state index contributed by atoms with van der Waals surface area (Å²) in [5, 5.41) is 0. The average molecular weight is 158 g/mol. The third-order valence-electron chi connectivity index (χ3n) is 1.15. The number of ether oxygens (including phenoxy) is 2. The van der Waals surface area contributed by atoms with Gasteiger partial charge < -0.3 is 9.47 Å². The zero-order chi connectivity index (χ0) is 8.53. The van der Waals surface area contributed by atoms with E-state index >= 15 is 0 Å². The fraction of sp³-hybridized carbons (Fsp3) is 0.625. The Bertz CT molecular complexity index is 121. The molecule has 3 nitrogen and oxygen atoms in total. The van der Waals surface area contributed by atoms with Crippen LogP contribution in [0.25, 0.3) is 0 Å². The molecule has 0 amide bonds. The fourth-order valence-corrected chi connectivity index (χ4v) is 0.519. The zero-order valence-electron chi connectivity index (χ0n) is 6.84. The van der Waals surface area contributed by atoms with Crippen LogP contribution in [0.1, 0.15) is 6.42 Å². The molecule has 0 aromatic carbocycles. The summed E-state index contributed by atoms with van der Waals surface area (Å²) < 4.78 is 9.80. The van der Waals surface area contributed by atoms with Gasteiger partial charge in [-0.3, -0.25) is 4.79 Å². The number of allylic oxidation sites excluding steroid dienone is 1. The minimum atomic E-state index is 0.0161. The summed E-state index contributed by atoms with van der Waals surface area (Å²) >= 11 is 0. The van der Waals surface area contributed by atoms with E-state index in [1.165, 1.54) is 6.08 Å². The minimum Gasteiger partial charge on any atom is -0.382 e. The molecule has 0 radical (unpaired) electrons. The summed E-state index contributed by atoms with van der Waals surface area (Å²) in [4.78, 5) is 10.6. The van der Waals surface area contributed by atoms with Gasteiger partial charge in [0.2, 0.25) is 0 Å². The van der Waals surface area contributed by atoms with Gasteiger partial charge in [0.05, 0.1) is 19.8 Å². The first kappa shape index (κ1) is 10.3. The van der Waals surface area contributed by atoms with Gasteiger partial charge in [-0.1, -0.05) is 6.58 Å². The predicted molar refractivity (Wildman–Crippen MR) is 42.5 cm³/mol. The molecule has 11 heavy (non-hydrogen) atoms. The van der Waals surface area contributed by atoms with Crippen LogP contribution in [0.3, 0.4) is 0 Å². The molecular weight excluding hydrogens is 144 g/mol. The molecule has 0 aliphatic rings. The maximum absolute atomic E-state index is 10.6. The fourth-order valence-electron chi connectivity index (χ4n) is 0.519. The highest BCUT2D eigenvalue weighted by molar-refractivity contribution is 5.89. The highest BCUT2D eigenvalue weighted by atomic mass is 16.5. The van der Waals surface area contributed by atoms with E-state index < -0.39 is 0 Å². The van der Waals surface area contributed by atoms with Crippen LogP contribution in [0.2, 0.25) is 0 Å². The molecule has 0 spiro atoms. The van der Waals surface area contributed by atoms with Crippen molar-refractivity contribution >= 4 is 5.78 Å². The van der Waals surface area contributed by atoms with Crippen LogP contribution in [0.15, 0.2) is 12.7 Å². The summed E-state index contributed by atoms with van der Waals surface area (Å²) in [6.45, 7) is 4.91. The van der Waals surface area contributed by atoms with Crippen LogP contribution in [0.5, 0.6) is 0 Å². The molecule has 0 fully saturated rings. The van der Waals surface area contributed by atoms with Gasteiger partial charge in [-0.25, -0.2) is 0 Å². The standard InChI is InChI=1S/C8H14O3/c1-3-8(9)4-5-11-7-6-10-2/h3H,1,4-7H2,2H3. The second-order valence-electron chi connectivity index (χ2n) is 2.03. The van der Waals surface area contributed by atoms with Gasteiger partial charge >= 0.3 is 0 Å². The van der Waals surface area contributed by atoms with Gasteiger partial charge in [0.15, 0.2) is 5.78 Å². The molecule has 0 aliphatic carbocycles. The van der Waals surface area contributed by atoms with E-state index in [9.17, 15) is 4.79 Å². The lowest BCUT2D eigenvalue weighted by Crippen LogP contribution is -2.05. The minimum absolute atomic E-state index is 0.0161. The molecule has 64 valence electrons. The highest BCUT2D eigenvalue weighted by Crippen LogP contribution is 1.85. The van der Waals surface area contributed by atoms with E-state index in [1.54, 1.807) is 7.11 Å². The molecule has 0 rings (SSSR count). The lowest BCUT2D eigenvalue weighted by atomic mass is 10.3. The van der Waals surface area contributed by atoms with Crippen molar-refractivity contribution in [2.45, 2.75) is 6.42 Å². The molecule has 0 aromatic heterocycles. The number of methoxy groups -OCH3 is 1. The molecule has 0 aromatic rings. The maximum Gasteiger partial charge on any atom is 0.157 e. The van der Waals surface area contributed by atoms with Gasteiger partial charge in [-0.05, 0) is 6.08 Å². The Labute approximate surface area is 67.0 Å². The summed E-state index contributed by atoms with van der Waals surface area (Å²) in [5.74, 6) is 0.0161. The highest BCUT2D eigenvalue weighted by Gasteiger charge is 1.94. The smallest absolute Gasteiger partial charge is 0.157 e. The normalized spacial score (nSPS) is 9.55. The Kier molecular flexibility index (Phi) is 6.98. The molecule has 0 unspecified atom stereocenters. The van der Waals surface area contributed by atoms with Gasteiger partial charge in [0.1, 0.15) is 0 Å². The lowest BCUT2D eigenvalue weighted by molar-refractivity contribution is -0.115. The molecule has 0 bridgehead atoms. The Morgan fingerprint density at radius 2 is 2.18 bits per heavy atom. The van der Waals surface area contributed by atoms with Gasteiger partial charge in [0, 0.05) is 13.5 Å². The number of hydrogen-bond acceptors (Lipinski definition) is 3. The van der Waals surface area contributed by atoms with Gasteiger partial charge in [0.25, 0.3) is 0 Å². The lowest BCUT2D eigenvalue weighted by Gasteiger charge is -2.00. The van der Waals surface area contributed by atoms with E-state index in [1.807, 2.05) is 0 Å². The predicted octanol–water partition coefficient (Wildman–Crippen LogP) is 0.795. The van der Waals surface area contributed by atoms with Crippen molar-refractivity contribution in [2.24, 2.45) is 0 Å². The number of carbonyl (C=O) groups excluding carboxylic acids is 1. The Morgan fingerprint density at radius 3 is 2.73 bits per heavy atom. The first-order chi connectivity index (χ1) is 5.31. The third-order valence-corrected chi connectivity index (χ3v) is 1.15. The number of carbonyl (C=O) groups is 1. The molecule has 0 heterocycles. The number of hydrogen-bond donors (Lipinski definition) is 0. The topological polar surface area (TPSA) is 35.5 Å². The Morgan fingerprint density at radius 1 is 1.45 bits per heavy atom. The van der Waals surface area contributed by atoms with Crippen LogP contribution in [-0.2, 0) is 14.3 Å². The molecule has 0 saturated carbocycles. The van der Waals surface area contributed by atoms with E-state index in [0.717, 1.165) is 0 Å². The average Bonchev–Trinajstić information content (AvgIpc) is 2.04. The van der Waals surface area contributed by atoms with Crippen LogP contribution >= 0.6 is 0 Å². The van der Waals surface area contributed by atoms with E-state index in [0.29, 0.717) is 26.2 Å². The van der Waals surface area contributed by atoms with Crippen molar-refractivity contribution in [2.75, 3.05) is 26.9 Å². The van der Waals surface area contributed by atoms with Crippen molar-refractivity contribution in [3.8, 4) is 0 Å². The largest absolute Gasteiger partial charge is 0.382 e. The first-order valence-electron chi connectivity index (χ1n) is 3.53. The summed E-state index contributed by atoms with van der Waals surface area (Å²) in [5.41, 5.74) is 0. The quantitative estimate of drug-likeness (QED) is 0.406. The van der Waals surface area contributed by atoms with Crippen molar-refractivity contribution in [1.29, 1.82) is 0 Å². The van der Waals surface area contributed by atoms with Crippen molar-refractivity contribution in [3.05, 3.63) is 12.7 Å². The molecule has 3 heteroatoms. The second kappa shape index (κ2) is 7.44. The Hall–Kier alpha value is -0.670. The van der Waals surface area contributed by atoms with Crippen LogP contribution in [-0.4, -0.2) is 32.7 Å².